The highest BCUT2D eigenvalue weighted by molar-refractivity contribution is 8.56. The van der Waals surface area contributed by atoms with Crippen LogP contribution >= 0.6 is 18.1 Å². The van der Waals surface area contributed by atoms with Crippen LogP contribution in [0.15, 0.2) is 6.33 Å². The van der Waals surface area contributed by atoms with Gasteiger partial charge in [0.2, 0.25) is 11.8 Å². The van der Waals surface area contributed by atoms with E-state index in [0.29, 0.717) is 11.4 Å². The molecule has 18 nitrogen and oxygen atoms in total. The number of rotatable bonds is 12. The Morgan fingerprint density at radius 1 is 1.35 bits per heavy atom. The SMILES string of the molecule is COc1nc(N)nc2c1ncn2[C@@H]1O[C@H](COP(=O)(N[C@@H](C)C(=O)OC(C)C)SCC2C(=O)NC(=O)N2C)[C@@H](O)[C@@]1(C)O. The number of carbonyl (C=O) groups is 3. The summed E-state index contributed by atoms with van der Waals surface area (Å²) >= 11 is 0.686. The molecule has 2 aliphatic rings. The molecule has 2 saturated heterocycles. The third-order valence-corrected chi connectivity index (χ3v) is 10.9. The van der Waals surface area contributed by atoms with Gasteiger partial charge in [-0.05, 0) is 27.7 Å². The van der Waals surface area contributed by atoms with Gasteiger partial charge < -0.3 is 39.6 Å². The van der Waals surface area contributed by atoms with Crippen molar-refractivity contribution >= 4 is 53.1 Å². The lowest BCUT2D eigenvalue weighted by Gasteiger charge is -2.27. The molecule has 20 heteroatoms. The van der Waals surface area contributed by atoms with Crippen LogP contribution in [-0.4, -0.2) is 115 Å². The fraction of sp³-hybridized carbons (Fsp3) is 0.652. The maximum Gasteiger partial charge on any atom is 0.327 e. The molecule has 43 heavy (non-hydrogen) atoms. The topological polar surface area (TPSA) is 243 Å². The van der Waals surface area contributed by atoms with Crippen molar-refractivity contribution in [3.63, 3.8) is 0 Å². The smallest absolute Gasteiger partial charge is 0.327 e. The summed E-state index contributed by atoms with van der Waals surface area (Å²) in [6.07, 6.45) is -3.16. The maximum atomic E-state index is 14.0. The molecule has 0 saturated carbocycles. The number of aliphatic hydroxyl groups excluding tert-OH is 1. The van der Waals surface area contributed by atoms with E-state index in [-0.39, 0.29) is 28.7 Å². The molecular weight excluding hydrogens is 611 g/mol. The highest BCUT2D eigenvalue weighted by Crippen LogP contribution is 2.57. The third-order valence-electron chi connectivity index (χ3n) is 6.80. The van der Waals surface area contributed by atoms with Crippen LogP contribution in [0, 0.1) is 0 Å². The zero-order valence-corrected chi connectivity index (χ0v) is 26.0. The Balaban J connectivity index is 1.54. The summed E-state index contributed by atoms with van der Waals surface area (Å²) in [5.74, 6) is -1.46. The number of urea groups is 1. The highest BCUT2D eigenvalue weighted by Gasteiger charge is 2.54. The fourth-order valence-corrected chi connectivity index (χ4v) is 8.43. The van der Waals surface area contributed by atoms with Crippen molar-refractivity contribution in [2.45, 2.75) is 69.9 Å². The molecule has 2 aromatic heterocycles. The molecule has 2 aromatic rings. The summed E-state index contributed by atoms with van der Waals surface area (Å²) in [4.78, 5) is 50.1. The second-order valence-electron chi connectivity index (χ2n) is 10.5. The Morgan fingerprint density at radius 3 is 2.65 bits per heavy atom. The minimum atomic E-state index is -4.05. The second-order valence-corrected chi connectivity index (χ2v) is 14.8. The van der Waals surface area contributed by atoms with Crippen LogP contribution in [0.4, 0.5) is 10.7 Å². The first-order valence-electron chi connectivity index (χ1n) is 13.1. The van der Waals surface area contributed by atoms with Gasteiger partial charge >= 0.3 is 18.7 Å². The summed E-state index contributed by atoms with van der Waals surface area (Å²) in [6.45, 7) is 1.49. The summed E-state index contributed by atoms with van der Waals surface area (Å²) in [5, 5.41) is 27.1. The van der Waals surface area contributed by atoms with Crippen molar-refractivity contribution in [3.8, 4) is 5.88 Å². The Bertz CT molecular complexity index is 1440. The molecule has 6 N–H and O–H groups in total. The number of likely N-dealkylation sites (N-methyl/N-ethyl adjacent to an activating group) is 1. The van der Waals surface area contributed by atoms with Crippen molar-refractivity contribution in [3.05, 3.63) is 6.33 Å². The number of ether oxygens (including phenoxy) is 3. The molecule has 238 valence electrons. The lowest BCUT2D eigenvalue weighted by molar-refractivity contribution is -0.149. The predicted octanol–water partition coefficient (Wildman–Crippen LogP) is -0.236. The number of fused-ring (bicyclic) bond motifs is 1. The van der Waals surface area contributed by atoms with Crippen LogP contribution in [0.1, 0.15) is 33.9 Å². The number of hydrogen-bond acceptors (Lipinski definition) is 15. The van der Waals surface area contributed by atoms with Gasteiger partial charge in [0.15, 0.2) is 17.4 Å². The van der Waals surface area contributed by atoms with Crippen LogP contribution in [0.2, 0.25) is 0 Å². The fourth-order valence-electron chi connectivity index (χ4n) is 4.46. The predicted molar refractivity (Wildman–Crippen MR) is 152 cm³/mol. The van der Waals surface area contributed by atoms with Gasteiger partial charge in [-0.3, -0.25) is 24.0 Å². The minimum Gasteiger partial charge on any atom is -0.479 e. The number of hydrogen-bond donors (Lipinski definition) is 5. The molecule has 2 unspecified atom stereocenters. The second kappa shape index (κ2) is 12.5. The van der Waals surface area contributed by atoms with Gasteiger partial charge in [-0.2, -0.15) is 9.97 Å². The first-order chi connectivity index (χ1) is 20.1. The van der Waals surface area contributed by atoms with Gasteiger partial charge in [-0.1, -0.05) is 11.4 Å². The minimum absolute atomic E-state index is 0.0942. The van der Waals surface area contributed by atoms with Crippen molar-refractivity contribution < 1.29 is 47.9 Å². The first-order valence-corrected chi connectivity index (χ1v) is 16.3. The molecule has 3 amide bonds. The van der Waals surface area contributed by atoms with E-state index >= 15 is 0 Å². The number of imidazole rings is 1. The molecule has 0 spiro atoms. The van der Waals surface area contributed by atoms with Crippen LogP contribution in [0.5, 0.6) is 5.88 Å². The molecule has 2 aliphatic heterocycles. The molecule has 0 radical (unpaired) electrons. The number of nitrogens with zero attached hydrogens (tertiary/aromatic N) is 5. The molecule has 0 bridgehead atoms. The zero-order valence-electron chi connectivity index (χ0n) is 24.3. The van der Waals surface area contributed by atoms with E-state index in [9.17, 15) is 29.2 Å². The monoisotopic (exact) mass is 646 g/mol. The molecule has 4 rings (SSSR count). The Labute approximate surface area is 250 Å². The van der Waals surface area contributed by atoms with Crippen molar-refractivity contribution in [2.24, 2.45) is 0 Å². The Hall–Kier alpha value is -3.06. The van der Waals surface area contributed by atoms with E-state index in [4.69, 9.17) is 24.5 Å². The van der Waals surface area contributed by atoms with Crippen LogP contribution in [-0.2, 0) is 28.2 Å². The number of aliphatic hydroxyl groups is 2. The van der Waals surface area contributed by atoms with Crippen LogP contribution in [0.25, 0.3) is 11.2 Å². The van der Waals surface area contributed by atoms with E-state index in [1.807, 2.05) is 0 Å². The van der Waals surface area contributed by atoms with E-state index in [0.717, 1.165) is 4.90 Å². The molecule has 0 aliphatic carbocycles. The van der Waals surface area contributed by atoms with Crippen LogP contribution < -0.4 is 20.9 Å². The number of aromatic nitrogens is 4. The highest BCUT2D eigenvalue weighted by atomic mass is 32.7. The van der Waals surface area contributed by atoms with E-state index in [1.165, 1.54) is 38.9 Å². The number of esters is 1. The standard InChI is InChI=1S/C23H35N8O10PS/c1-10(2)40-19(34)11(3)29-42(37,43-8-12-17(33)27-22(35)30(12)5)39-7-13-15(32)23(4,36)20(41-13)31-9-25-14-16(31)26-21(24)28-18(14)38-6/h9-13,15,20,32,36H,7-8H2,1-6H3,(H,29,37)(H2,24,26,28)(H,27,33,35)/t11-,12?,13+,15+,20+,23+,42?/m0/s1. The number of nitrogens with one attached hydrogen (secondary N) is 2. The summed E-state index contributed by atoms with van der Waals surface area (Å²) in [6, 6.07) is -2.66. The average Bonchev–Trinajstić information content (AvgIpc) is 3.52. The van der Waals surface area contributed by atoms with Gasteiger partial charge in [0.05, 0.1) is 26.1 Å². The molecule has 2 fully saturated rings. The summed E-state index contributed by atoms with van der Waals surface area (Å²) < 4.78 is 37.5. The number of nitrogens with two attached hydrogens (primary N) is 1. The number of methoxy groups -OCH3 is 1. The lowest BCUT2D eigenvalue weighted by atomic mass is 9.96. The molecule has 4 heterocycles. The Kier molecular flexibility index (Phi) is 9.55. The van der Waals surface area contributed by atoms with Crippen LogP contribution in [0.3, 0.4) is 0 Å². The third kappa shape index (κ3) is 6.72. The van der Waals surface area contributed by atoms with E-state index in [1.54, 1.807) is 13.8 Å². The van der Waals surface area contributed by atoms with Crippen molar-refractivity contribution in [1.29, 1.82) is 0 Å². The van der Waals surface area contributed by atoms with Crippen molar-refractivity contribution in [2.75, 3.05) is 32.3 Å². The number of imide groups is 1. The van der Waals surface area contributed by atoms with Gasteiger partial charge in [-0.25, -0.2) is 14.9 Å². The number of amides is 3. The quantitative estimate of drug-likeness (QED) is 0.114. The summed E-state index contributed by atoms with van der Waals surface area (Å²) in [7, 11) is 2.79. The maximum absolute atomic E-state index is 14.0. The van der Waals surface area contributed by atoms with Gasteiger partial charge in [0.25, 0.3) is 5.91 Å². The lowest BCUT2D eigenvalue weighted by Crippen LogP contribution is -2.44. The number of nitrogen functional groups attached to an aromatic ring is 1. The Morgan fingerprint density at radius 2 is 2.05 bits per heavy atom. The largest absolute Gasteiger partial charge is 0.479 e. The van der Waals surface area contributed by atoms with Gasteiger partial charge in [0, 0.05) is 12.8 Å². The molecule has 0 aromatic carbocycles. The molecule has 7 atom stereocenters. The number of anilines is 1. The van der Waals surface area contributed by atoms with E-state index in [2.05, 4.69) is 25.4 Å². The normalized spacial score (nSPS) is 27.9. The summed E-state index contributed by atoms with van der Waals surface area (Å²) in [5.41, 5.74) is 4.27. The van der Waals surface area contributed by atoms with E-state index < -0.39 is 73.5 Å². The first kappa shape index (κ1) is 32.8. The zero-order chi connectivity index (χ0) is 31.9. The number of carbonyl (C=O) groups excluding carboxylic acids is 3. The van der Waals surface area contributed by atoms with Gasteiger partial charge in [-0.15, -0.1) is 0 Å². The van der Waals surface area contributed by atoms with Gasteiger partial charge in [0.1, 0.15) is 29.9 Å². The average molecular weight is 647 g/mol. The van der Waals surface area contributed by atoms with Crippen molar-refractivity contribution in [1.82, 2.24) is 34.8 Å². The molecular formula is C23H35N8O10PS.